The maximum atomic E-state index is 12.1. The fraction of sp³-hybridized carbons (Fsp3) is 0.500. The molecule has 1 aromatic rings. The summed E-state index contributed by atoms with van der Waals surface area (Å²) in [6, 6.07) is 6.17. The number of nitrogens with one attached hydrogen (secondary N) is 2. The number of carbonyl (C=O) groups excluding carboxylic acids is 3. The molecule has 0 aliphatic carbocycles. The molecular formula is C22H29N3O11. The molecule has 14 nitrogen and oxygen atoms in total. The average molecular weight is 511 g/mol. The maximum absolute atomic E-state index is 12.1. The monoisotopic (exact) mass is 511 g/mol. The lowest BCUT2D eigenvalue weighted by atomic mass is 9.99. The van der Waals surface area contributed by atoms with E-state index in [-0.39, 0.29) is 30.6 Å². The Morgan fingerprint density at radius 2 is 1.75 bits per heavy atom. The molecule has 2 rings (SSSR count). The molecule has 2 amide bonds. The van der Waals surface area contributed by atoms with E-state index in [2.05, 4.69) is 15.8 Å². The standard InChI is InChI=1S/C22H29N3O11/c1-12(26)25-23-10-4-2-3-5-15(27)34-11-13-6-8-14(9-7-13)24-22(33)36-21-18(30)16(28)17(29)19(35-21)20(31)32/h6-10,16-19,21,28-30H,2-5,11H2,1H3,(H,24,33)(H,25,26)(H,31,32)/b23-10+. The molecule has 0 radical (unpaired) electrons. The van der Waals surface area contributed by atoms with Gasteiger partial charge in [0.2, 0.25) is 12.2 Å². The second kappa shape index (κ2) is 14.1. The number of hydrogen-bond acceptors (Lipinski definition) is 11. The Morgan fingerprint density at radius 3 is 2.39 bits per heavy atom. The number of hydrogen-bond donors (Lipinski definition) is 6. The molecule has 6 N–H and O–H groups in total. The van der Waals surface area contributed by atoms with Crippen LogP contribution in [-0.2, 0) is 35.2 Å². The third kappa shape index (κ3) is 9.22. The van der Waals surface area contributed by atoms with Gasteiger partial charge in [-0.25, -0.2) is 15.0 Å². The first-order valence-corrected chi connectivity index (χ1v) is 11.0. The number of benzene rings is 1. The van der Waals surface area contributed by atoms with E-state index in [1.807, 2.05) is 0 Å². The maximum Gasteiger partial charge on any atom is 0.414 e. The van der Waals surface area contributed by atoms with Crippen molar-refractivity contribution in [3.63, 3.8) is 0 Å². The number of anilines is 1. The number of aliphatic hydroxyl groups is 3. The zero-order valence-electron chi connectivity index (χ0n) is 19.4. The molecule has 1 aromatic carbocycles. The van der Waals surface area contributed by atoms with Crippen molar-refractivity contribution in [1.29, 1.82) is 0 Å². The van der Waals surface area contributed by atoms with Gasteiger partial charge < -0.3 is 34.6 Å². The van der Waals surface area contributed by atoms with Gasteiger partial charge in [-0.3, -0.25) is 14.9 Å². The number of hydrazone groups is 1. The number of aliphatic hydroxyl groups excluding tert-OH is 3. The molecule has 0 saturated carbocycles. The summed E-state index contributed by atoms with van der Waals surface area (Å²) in [5, 5.41) is 44.4. The molecule has 0 spiro atoms. The van der Waals surface area contributed by atoms with Crippen molar-refractivity contribution in [1.82, 2.24) is 5.43 Å². The Hall–Kier alpha value is -3.59. The highest BCUT2D eigenvalue weighted by Gasteiger charge is 2.48. The number of ether oxygens (including phenoxy) is 3. The first kappa shape index (κ1) is 28.6. The first-order chi connectivity index (χ1) is 17.1. The molecular weight excluding hydrogens is 482 g/mol. The number of esters is 1. The van der Waals surface area contributed by atoms with Gasteiger partial charge in [0.25, 0.3) is 0 Å². The van der Waals surface area contributed by atoms with Crippen molar-refractivity contribution in [2.24, 2.45) is 5.10 Å². The second-order valence-corrected chi connectivity index (χ2v) is 7.85. The van der Waals surface area contributed by atoms with Crippen LogP contribution in [0.1, 0.15) is 38.2 Å². The van der Waals surface area contributed by atoms with Gasteiger partial charge in [-0.15, -0.1) is 0 Å². The molecule has 1 fully saturated rings. The summed E-state index contributed by atoms with van der Waals surface area (Å²) in [7, 11) is 0. The van der Waals surface area contributed by atoms with Crippen LogP contribution >= 0.6 is 0 Å². The molecule has 1 saturated heterocycles. The van der Waals surface area contributed by atoms with Crippen molar-refractivity contribution < 1.29 is 53.8 Å². The van der Waals surface area contributed by atoms with Crippen LogP contribution in [0.25, 0.3) is 0 Å². The minimum absolute atomic E-state index is 0.0203. The van der Waals surface area contributed by atoms with Crippen LogP contribution in [0.3, 0.4) is 0 Å². The zero-order valence-corrected chi connectivity index (χ0v) is 19.4. The highest BCUT2D eigenvalue weighted by Crippen LogP contribution is 2.23. The van der Waals surface area contributed by atoms with E-state index in [4.69, 9.17) is 19.3 Å². The van der Waals surface area contributed by atoms with Gasteiger partial charge in [0.05, 0.1) is 0 Å². The second-order valence-electron chi connectivity index (χ2n) is 7.85. The number of amides is 2. The van der Waals surface area contributed by atoms with Crippen LogP contribution in [0.4, 0.5) is 10.5 Å². The largest absolute Gasteiger partial charge is 0.479 e. The van der Waals surface area contributed by atoms with E-state index in [1.165, 1.54) is 19.1 Å². The lowest BCUT2D eigenvalue weighted by Crippen LogP contribution is -2.60. The number of aliphatic carboxylic acids is 1. The SMILES string of the molecule is CC(=O)N/N=C/CCCCC(=O)OCc1ccc(NC(=O)OC2OC(C(=O)O)C(O)C(O)C2O)cc1. The molecule has 36 heavy (non-hydrogen) atoms. The Bertz CT molecular complexity index is 938. The normalized spacial score (nSPS) is 23.6. The number of unbranched alkanes of at least 4 members (excludes halogenated alkanes) is 2. The summed E-state index contributed by atoms with van der Waals surface area (Å²) >= 11 is 0. The van der Waals surface area contributed by atoms with Crippen LogP contribution in [0, 0.1) is 0 Å². The lowest BCUT2D eigenvalue weighted by Gasteiger charge is -2.37. The smallest absolute Gasteiger partial charge is 0.414 e. The van der Waals surface area contributed by atoms with Gasteiger partial charge in [0, 0.05) is 25.2 Å². The summed E-state index contributed by atoms with van der Waals surface area (Å²) < 4.78 is 14.9. The Balaban J connectivity index is 1.72. The van der Waals surface area contributed by atoms with E-state index in [9.17, 15) is 34.5 Å². The first-order valence-electron chi connectivity index (χ1n) is 11.0. The predicted octanol–water partition coefficient (Wildman–Crippen LogP) is -0.147. The van der Waals surface area contributed by atoms with Crippen LogP contribution in [0.2, 0.25) is 0 Å². The zero-order chi connectivity index (χ0) is 26.7. The summed E-state index contributed by atoms with van der Waals surface area (Å²) in [4.78, 5) is 45.7. The van der Waals surface area contributed by atoms with Gasteiger partial charge in [0.15, 0.2) is 6.10 Å². The van der Waals surface area contributed by atoms with E-state index in [0.717, 1.165) is 0 Å². The number of carboxylic acids is 1. The van der Waals surface area contributed by atoms with E-state index < -0.39 is 42.8 Å². The fourth-order valence-corrected chi connectivity index (χ4v) is 3.03. The number of carboxylic acid groups (broad SMARTS) is 1. The highest BCUT2D eigenvalue weighted by atomic mass is 16.7. The van der Waals surface area contributed by atoms with Crippen molar-refractivity contribution >= 4 is 35.8 Å². The van der Waals surface area contributed by atoms with Crippen molar-refractivity contribution in [2.45, 2.75) is 69.9 Å². The minimum Gasteiger partial charge on any atom is -0.479 e. The van der Waals surface area contributed by atoms with Gasteiger partial charge in [-0.05, 0) is 37.0 Å². The number of nitrogens with zero attached hydrogens (tertiary/aromatic N) is 1. The third-order valence-corrected chi connectivity index (χ3v) is 4.91. The van der Waals surface area contributed by atoms with Gasteiger partial charge in [-0.1, -0.05) is 12.1 Å². The van der Waals surface area contributed by atoms with E-state index >= 15 is 0 Å². The van der Waals surface area contributed by atoms with Crippen LogP contribution < -0.4 is 10.7 Å². The third-order valence-electron chi connectivity index (χ3n) is 4.91. The molecule has 5 atom stereocenters. The van der Waals surface area contributed by atoms with Crippen LogP contribution in [0.5, 0.6) is 0 Å². The Kier molecular flexibility index (Phi) is 11.2. The van der Waals surface area contributed by atoms with Crippen molar-refractivity contribution in [3.8, 4) is 0 Å². The molecule has 14 heteroatoms. The lowest BCUT2D eigenvalue weighted by molar-refractivity contribution is -0.277. The Morgan fingerprint density at radius 1 is 1.06 bits per heavy atom. The molecule has 1 aliphatic rings. The molecule has 5 unspecified atom stereocenters. The van der Waals surface area contributed by atoms with Gasteiger partial charge in [-0.2, -0.15) is 5.10 Å². The average Bonchev–Trinajstić information content (AvgIpc) is 2.83. The number of rotatable bonds is 11. The van der Waals surface area contributed by atoms with Crippen molar-refractivity contribution in [3.05, 3.63) is 29.8 Å². The van der Waals surface area contributed by atoms with Gasteiger partial charge >= 0.3 is 18.0 Å². The summed E-state index contributed by atoms with van der Waals surface area (Å²) in [6.45, 7) is 1.37. The summed E-state index contributed by atoms with van der Waals surface area (Å²) in [5.74, 6) is -2.24. The van der Waals surface area contributed by atoms with E-state index in [0.29, 0.717) is 24.8 Å². The quantitative estimate of drug-likeness (QED) is 0.0994. The fourth-order valence-electron chi connectivity index (χ4n) is 3.03. The molecule has 1 heterocycles. The molecule has 0 aromatic heterocycles. The van der Waals surface area contributed by atoms with Crippen LogP contribution in [0.15, 0.2) is 29.4 Å². The Labute approximate surface area is 205 Å². The number of carbonyl (C=O) groups is 4. The van der Waals surface area contributed by atoms with Crippen LogP contribution in [-0.4, -0.2) is 81.3 Å². The predicted molar refractivity (Wildman–Crippen MR) is 121 cm³/mol. The molecule has 0 bridgehead atoms. The van der Waals surface area contributed by atoms with Gasteiger partial charge in [0.1, 0.15) is 24.9 Å². The highest BCUT2D eigenvalue weighted by molar-refractivity contribution is 5.84. The minimum atomic E-state index is -1.90. The molecule has 1 aliphatic heterocycles. The summed E-state index contributed by atoms with van der Waals surface area (Å²) in [5.41, 5.74) is 3.21. The molecule has 198 valence electrons. The topological polar surface area (TPSA) is 213 Å². The summed E-state index contributed by atoms with van der Waals surface area (Å²) in [6.07, 6.45) is -6.80. The van der Waals surface area contributed by atoms with E-state index in [1.54, 1.807) is 18.3 Å². The van der Waals surface area contributed by atoms with Crippen molar-refractivity contribution in [2.75, 3.05) is 5.32 Å².